The van der Waals surface area contributed by atoms with Gasteiger partial charge >= 0.3 is 0 Å². The van der Waals surface area contributed by atoms with Crippen LogP contribution in [0.4, 0.5) is 11.5 Å². The molecular weight excluding hydrogens is 250 g/mol. The summed E-state index contributed by atoms with van der Waals surface area (Å²) in [5.41, 5.74) is 6.64. The highest BCUT2D eigenvalue weighted by Gasteiger charge is 2.13. The highest BCUT2D eigenvalue weighted by molar-refractivity contribution is 5.87. The molecule has 0 aromatic carbocycles. The first-order valence-electron chi connectivity index (χ1n) is 5.48. The molecule has 0 aliphatic carbocycles. The predicted molar refractivity (Wildman–Crippen MR) is 66.3 cm³/mol. The summed E-state index contributed by atoms with van der Waals surface area (Å²) < 4.78 is 2.51. The standard InChI is InChI=1S/C10H13N7O2/c1-6-8(11)3-12-17(6)10(19)5-16-4-9(14-15-16)13-7(2)18/h3-4H,5,11H2,1-2H3,(H,13,18). The Bertz CT molecular complexity index is 628. The van der Waals surface area contributed by atoms with E-state index in [2.05, 4.69) is 20.7 Å². The lowest BCUT2D eigenvalue weighted by Crippen LogP contribution is -2.20. The minimum Gasteiger partial charge on any atom is -0.396 e. The van der Waals surface area contributed by atoms with Gasteiger partial charge in [0, 0.05) is 6.92 Å². The Labute approximate surface area is 108 Å². The molecule has 2 aromatic rings. The quantitative estimate of drug-likeness (QED) is 0.781. The molecule has 100 valence electrons. The summed E-state index contributed by atoms with van der Waals surface area (Å²) in [5.74, 6) is -0.264. The predicted octanol–water partition coefficient (Wildman–Crippen LogP) is -0.336. The molecule has 0 unspecified atom stereocenters. The van der Waals surface area contributed by atoms with Crippen LogP contribution in [0.2, 0.25) is 0 Å². The van der Waals surface area contributed by atoms with Crippen LogP contribution in [0.15, 0.2) is 12.4 Å². The van der Waals surface area contributed by atoms with Crippen molar-refractivity contribution in [3.8, 4) is 0 Å². The molecule has 0 saturated heterocycles. The van der Waals surface area contributed by atoms with E-state index in [-0.39, 0.29) is 24.2 Å². The fraction of sp³-hybridized carbons (Fsp3) is 0.300. The van der Waals surface area contributed by atoms with Crippen LogP contribution in [0.3, 0.4) is 0 Å². The number of nitrogen functional groups attached to an aromatic ring is 1. The minimum atomic E-state index is -0.298. The van der Waals surface area contributed by atoms with Gasteiger partial charge in [-0.3, -0.25) is 9.59 Å². The molecule has 0 bridgehead atoms. The maximum atomic E-state index is 11.9. The average molecular weight is 263 g/mol. The van der Waals surface area contributed by atoms with Crippen molar-refractivity contribution in [2.24, 2.45) is 0 Å². The lowest BCUT2D eigenvalue weighted by atomic mass is 10.4. The SMILES string of the molecule is CC(=O)Nc1cn(CC(=O)n2ncc(N)c2C)nn1. The second-order valence-corrected chi connectivity index (χ2v) is 3.97. The van der Waals surface area contributed by atoms with Crippen molar-refractivity contribution in [2.75, 3.05) is 11.1 Å². The molecule has 9 heteroatoms. The topological polar surface area (TPSA) is 121 Å². The van der Waals surface area contributed by atoms with Crippen molar-refractivity contribution in [2.45, 2.75) is 20.4 Å². The molecular formula is C10H13N7O2. The van der Waals surface area contributed by atoms with Crippen molar-refractivity contribution in [3.05, 3.63) is 18.1 Å². The van der Waals surface area contributed by atoms with Crippen LogP contribution in [0, 0.1) is 6.92 Å². The number of aromatic nitrogens is 5. The summed E-state index contributed by atoms with van der Waals surface area (Å²) in [6.45, 7) is 3.01. The first-order chi connectivity index (χ1) is 8.97. The number of rotatable bonds is 3. The van der Waals surface area contributed by atoms with Gasteiger partial charge in [0.1, 0.15) is 6.54 Å². The Hall–Kier alpha value is -2.71. The number of anilines is 2. The van der Waals surface area contributed by atoms with Crippen molar-refractivity contribution in [1.82, 2.24) is 24.8 Å². The van der Waals surface area contributed by atoms with Gasteiger partial charge in [0.15, 0.2) is 5.82 Å². The summed E-state index contributed by atoms with van der Waals surface area (Å²) in [5, 5.41) is 13.8. The number of carbonyl (C=O) groups excluding carboxylic acids is 2. The van der Waals surface area contributed by atoms with E-state index in [4.69, 9.17) is 5.73 Å². The summed E-state index contributed by atoms with van der Waals surface area (Å²) >= 11 is 0. The van der Waals surface area contributed by atoms with Crippen LogP contribution in [0.5, 0.6) is 0 Å². The molecule has 2 rings (SSSR count). The fourth-order valence-electron chi connectivity index (χ4n) is 1.49. The van der Waals surface area contributed by atoms with E-state index >= 15 is 0 Å². The van der Waals surface area contributed by atoms with Gasteiger partial charge in [-0.25, -0.2) is 9.36 Å². The van der Waals surface area contributed by atoms with E-state index in [1.165, 1.54) is 28.7 Å². The van der Waals surface area contributed by atoms with Gasteiger partial charge in [0.05, 0.1) is 23.8 Å². The van der Waals surface area contributed by atoms with Gasteiger partial charge in [-0.05, 0) is 6.92 Å². The zero-order valence-corrected chi connectivity index (χ0v) is 10.5. The fourth-order valence-corrected chi connectivity index (χ4v) is 1.49. The second kappa shape index (κ2) is 4.88. The second-order valence-electron chi connectivity index (χ2n) is 3.97. The largest absolute Gasteiger partial charge is 0.396 e. The molecule has 0 fully saturated rings. The molecule has 0 aliphatic heterocycles. The third-order valence-electron chi connectivity index (χ3n) is 2.42. The summed E-state index contributed by atoms with van der Waals surface area (Å²) in [4.78, 5) is 22.8. The first-order valence-corrected chi connectivity index (χ1v) is 5.48. The number of nitrogens with one attached hydrogen (secondary N) is 1. The Morgan fingerprint density at radius 2 is 2.21 bits per heavy atom. The lowest BCUT2D eigenvalue weighted by Gasteiger charge is -2.02. The van der Waals surface area contributed by atoms with Crippen LogP contribution in [0.1, 0.15) is 17.4 Å². The third kappa shape index (κ3) is 2.76. The maximum Gasteiger partial charge on any atom is 0.268 e. The van der Waals surface area contributed by atoms with Crippen LogP contribution >= 0.6 is 0 Å². The Balaban J connectivity index is 2.09. The monoisotopic (exact) mass is 263 g/mol. The zero-order chi connectivity index (χ0) is 14.0. The number of hydrogen-bond acceptors (Lipinski definition) is 6. The number of hydrogen-bond donors (Lipinski definition) is 2. The average Bonchev–Trinajstić information content (AvgIpc) is 2.87. The number of carbonyl (C=O) groups is 2. The molecule has 19 heavy (non-hydrogen) atoms. The van der Waals surface area contributed by atoms with Gasteiger partial charge < -0.3 is 11.1 Å². The molecule has 1 amide bonds. The molecule has 0 radical (unpaired) electrons. The summed E-state index contributed by atoms with van der Waals surface area (Å²) in [6, 6.07) is 0. The highest BCUT2D eigenvalue weighted by atomic mass is 16.2. The van der Waals surface area contributed by atoms with Crippen LogP contribution in [0.25, 0.3) is 0 Å². The molecule has 9 nitrogen and oxygen atoms in total. The van der Waals surface area contributed by atoms with Gasteiger partial charge in [-0.2, -0.15) is 5.10 Å². The van der Waals surface area contributed by atoms with Gasteiger partial charge in [-0.15, -0.1) is 5.10 Å². The molecule has 2 heterocycles. The maximum absolute atomic E-state index is 11.9. The first kappa shape index (κ1) is 12.7. The van der Waals surface area contributed by atoms with E-state index in [0.717, 1.165) is 0 Å². The normalized spacial score (nSPS) is 10.4. The van der Waals surface area contributed by atoms with Crippen LogP contribution in [-0.2, 0) is 11.3 Å². The molecule has 2 aromatic heterocycles. The number of nitrogens with two attached hydrogens (primary N) is 1. The Morgan fingerprint density at radius 1 is 1.47 bits per heavy atom. The molecule has 3 N–H and O–H groups in total. The third-order valence-corrected chi connectivity index (χ3v) is 2.42. The smallest absolute Gasteiger partial charge is 0.268 e. The van der Waals surface area contributed by atoms with Crippen molar-refractivity contribution in [1.29, 1.82) is 0 Å². The Morgan fingerprint density at radius 3 is 2.79 bits per heavy atom. The van der Waals surface area contributed by atoms with E-state index < -0.39 is 0 Å². The van der Waals surface area contributed by atoms with Gasteiger partial charge in [0.25, 0.3) is 5.91 Å². The molecule has 0 aliphatic rings. The van der Waals surface area contributed by atoms with Crippen molar-refractivity contribution in [3.63, 3.8) is 0 Å². The highest BCUT2D eigenvalue weighted by Crippen LogP contribution is 2.08. The van der Waals surface area contributed by atoms with Gasteiger partial charge in [-0.1, -0.05) is 5.21 Å². The van der Waals surface area contributed by atoms with Gasteiger partial charge in [0.2, 0.25) is 5.91 Å². The Kier molecular flexibility index (Phi) is 3.27. The summed E-state index contributed by atoms with van der Waals surface area (Å²) in [6.07, 6.45) is 2.87. The van der Waals surface area contributed by atoms with Crippen LogP contribution < -0.4 is 11.1 Å². The van der Waals surface area contributed by atoms with E-state index in [0.29, 0.717) is 11.4 Å². The molecule has 0 atom stereocenters. The molecule has 0 saturated carbocycles. The number of nitrogens with zero attached hydrogens (tertiary/aromatic N) is 5. The lowest BCUT2D eigenvalue weighted by molar-refractivity contribution is -0.114. The van der Waals surface area contributed by atoms with Crippen LogP contribution in [-0.4, -0.2) is 36.6 Å². The zero-order valence-electron chi connectivity index (χ0n) is 10.5. The van der Waals surface area contributed by atoms with E-state index in [1.54, 1.807) is 6.92 Å². The number of amides is 1. The van der Waals surface area contributed by atoms with Crippen molar-refractivity contribution < 1.29 is 9.59 Å². The van der Waals surface area contributed by atoms with E-state index in [1.807, 2.05) is 0 Å². The summed E-state index contributed by atoms with van der Waals surface area (Å²) in [7, 11) is 0. The van der Waals surface area contributed by atoms with Crippen molar-refractivity contribution >= 4 is 23.3 Å². The molecule has 0 spiro atoms. The van der Waals surface area contributed by atoms with E-state index in [9.17, 15) is 9.59 Å². The minimum absolute atomic E-state index is 0.0471.